The predicted molar refractivity (Wildman–Crippen MR) is 81.6 cm³/mol. The molecule has 8 nitrogen and oxygen atoms in total. The van der Waals surface area contributed by atoms with E-state index in [0.29, 0.717) is 13.0 Å². The van der Waals surface area contributed by atoms with Crippen LogP contribution in [0.3, 0.4) is 0 Å². The number of allylic oxidation sites excluding steroid dienone is 1. The van der Waals surface area contributed by atoms with E-state index in [0.717, 1.165) is 19.3 Å². The number of hydrogen-bond acceptors (Lipinski definition) is 4. The lowest BCUT2D eigenvalue weighted by Crippen LogP contribution is -2.56. The summed E-state index contributed by atoms with van der Waals surface area (Å²) in [6, 6.07) is -1.64. The van der Waals surface area contributed by atoms with Crippen molar-refractivity contribution in [3.8, 4) is 0 Å². The van der Waals surface area contributed by atoms with E-state index in [-0.39, 0.29) is 5.92 Å². The number of carboxylic acids is 1. The molecule has 2 rings (SSSR count). The predicted octanol–water partition coefficient (Wildman–Crippen LogP) is -0.312. The van der Waals surface area contributed by atoms with Crippen LogP contribution in [0.2, 0.25) is 0 Å². The molecule has 0 aromatic heterocycles. The summed E-state index contributed by atoms with van der Waals surface area (Å²) in [5.41, 5.74) is -1.33. The first-order valence-electron chi connectivity index (χ1n) is 7.75. The zero-order chi connectivity index (χ0) is 17.0. The molecular weight excluding hydrogens is 302 g/mol. The van der Waals surface area contributed by atoms with Crippen molar-refractivity contribution in [1.82, 2.24) is 15.5 Å². The molecule has 2 aliphatic rings. The van der Waals surface area contributed by atoms with Crippen molar-refractivity contribution in [3.63, 3.8) is 0 Å². The topological polar surface area (TPSA) is 119 Å². The Bertz CT molecular complexity index is 521. The Morgan fingerprint density at radius 3 is 2.83 bits per heavy atom. The van der Waals surface area contributed by atoms with Crippen molar-refractivity contribution in [2.45, 2.75) is 37.3 Å². The smallest absolute Gasteiger partial charge is 0.330 e. The average molecular weight is 325 g/mol. The van der Waals surface area contributed by atoms with E-state index in [1.807, 2.05) is 12.2 Å². The van der Waals surface area contributed by atoms with Gasteiger partial charge in [0.15, 0.2) is 0 Å². The van der Waals surface area contributed by atoms with Crippen LogP contribution in [-0.2, 0) is 9.59 Å². The normalized spacial score (nSPS) is 33.7. The molecular formula is C15H23N3O5. The van der Waals surface area contributed by atoms with Crippen LogP contribution < -0.4 is 10.6 Å². The number of amides is 3. The van der Waals surface area contributed by atoms with Gasteiger partial charge in [-0.3, -0.25) is 4.79 Å². The van der Waals surface area contributed by atoms with Gasteiger partial charge in [-0.05, 0) is 25.7 Å². The highest BCUT2D eigenvalue weighted by molar-refractivity contribution is 5.94. The van der Waals surface area contributed by atoms with Crippen molar-refractivity contribution in [1.29, 1.82) is 0 Å². The van der Waals surface area contributed by atoms with E-state index in [9.17, 15) is 24.6 Å². The zero-order valence-corrected chi connectivity index (χ0v) is 13.1. The number of urea groups is 1. The van der Waals surface area contributed by atoms with E-state index >= 15 is 0 Å². The van der Waals surface area contributed by atoms with Crippen molar-refractivity contribution < 1.29 is 24.6 Å². The van der Waals surface area contributed by atoms with Crippen LogP contribution >= 0.6 is 0 Å². The Labute approximate surface area is 134 Å². The molecule has 1 fully saturated rings. The highest BCUT2D eigenvalue weighted by atomic mass is 16.4. The summed E-state index contributed by atoms with van der Waals surface area (Å²) < 4.78 is 0. The number of nitrogens with one attached hydrogen (secondary N) is 2. The van der Waals surface area contributed by atoms with Gasteiger partial charge >= 0.3 is 12.0 Å². The summed E-state index contributed by atoms with van der Waals surface area (Å²) in [5.74, 6) is -2.05. The molecule has 128 valence electrons. The molecule has 3 amide bonds. The number of nitrogens with zero attached hydrogens (tertiary/aromatic N) is 1. The molecule has 0 aromatic rings. The van der Waals surface area contributed by atoms with Crippen LogP contribution in [0.5, 0.6) is 0 Å². The minimum atomic E-state index is -1.33. The highest BCUT2D eigenvalue weighted by Crippen LogP contribution is 2.45. The van der Waals surface area contributed by atoms with Crippen LogP contribution in [0.1, 0.15) is 25.7 Å². The highest BCUT2D eigenvalue weighted by Gasteiger charge is 2.60. The van der Waals surface area contributed by atoms with E-state index in [1.165, 1.54) is 4.90 Å². The van der Waals surface area contributed by atoms with Crippen LogP contribution in [0.15, 0.2) is 12.2 Å². The van der Waals surface area contributed by atoms with Gasteiger partial charge in [-0.15, -0.1) is 0 Å². The van der Waals surface area contributed by atoms with Gasteiger partial charge in [0.05, 0.1) is 6.61 Å². The number of carbonyl (C=O) groups excluding carboxylic acids is 2. The van der Waals surface area contributed by atoms with Gasteiger partial charge in [-0.2, -0.15) is 0 Å². The number of carboxylic acid groups (broad SMARTS) is 1. The Balaban J connectivity index is 2.17. The molecule has 4 N–H and O–H groups in total. The Morgan fingerprint density at radius 1 is 1.43 bits per heavy atom. The maximum absolute atomic E-state index is 12.2. The number of fused-ring (bicyclic) bond motifs is 1. The first-order chi connectivity index (χ1) is 10.9. The first-order valence-corrected chi connectivity index (χ1v) is 7.75. The molecule has 0 spiro atoms. The van der Waals surface area contributed by atoms with Gasteiger partial charge in [0.2, 0.25) is 5.91 Å². The minimum absolute atomic E-state index is 0.260. The summed E-state index contributed by atoms with van der Waals surface area (Å²) in [5, 5.41) is 23.6. The van der Waals surface area contributed by atoms with E-state index < -0.39 is 36.1 Å². The quantitative estimate of drug-likeness (QED) is 0.519. The second kappa shape index (κ2) is 6.99. The van der Waals surface area contributed by atoms with Crippen LogP contribution in [0.4, 0.5) is 4.79 Å². The molecule has 23 heavy (non-hydrogen) atoms. The van der Waals surface area contributed by atoms with E-state index in [4.69, 9.17) is 0 Å². The summed E-state index contributed by atoms with van der Waals surface area (Å²) >= 11 is 0. The average Bonchev–Trinajstić information content (AvgIpc) is 3.21. The zero-order valence-electron chi connectivity index (χ0n) is 13.1. The molecule has 1 saturated carbocycles. The fourth-order valence-corrected chi connectivity index (χ4v) is 2.70. The molecule has 1 aliphatic heterocycles. The van der Waals surface area contributed by atoms with Crippen molar-refractivity contribution in [2.75, 3.05) is 20.2 Å². The molecule has 1 aliphatic carbocycles. The number of carbonyl (C=O) groups is 3. The maximum atomic E-state index is 12.2. The summed E-state index contributed by atoms with van der Waals surface area (Å²) in [6.07, 6.45) is 6.56. The summed E-state index contributed by atoms with van der Waals surface area (Å²) in [6.45, 7) is -0.0520. The number of aliphatic carboxylic acids is 1. The SMILES string of the molecule is CN1CCCC/C=C\[C@H]2C[C@@]2(C(=O)O)NC(=O)[C@H](CO)NC1=O. The Morgan fingerprint density at radius 2 is 2.17 bits per heavy atom. The standard InChI is InChI=1S/C15H23N3O5/c1-18-7-5-3-2-4-6-10-8-15(10,13(21)22)17-12(20)11(9-19)16-14(18)23/h4,6,10-11,19H,2-3,5,7-9H2,1H3,(H,16,23)(H,17,20)(H,21,22)/b6-4-/t10-,11-,15+/m0/s1. The monoisotopic (exact) mass is 325 g/mol. The molecule has 0 radical (unpaired) electrons. The van der Waals surface area contributed by atoms with Crippen molar-refractivity contribution in [2.24, 2.45) is 5.92 Å². The van der Waals surface area contributed by atoms with Gasteiger partial charge in [-0.1, -0.05) is 12.2 Å². The summed E-state index contributed by atoms with van der Waals surface area (Å²) in [4.78, 5) is 37.2. The lowest BCUT2D eigenvalue weighted by atomic mass is 10.1. The van der Waals surface area contributed by atoms with Crippen molar-refractivity contribution in [3.05, 3.63) is 12.2 Å². The number of aliphatic hydroxyl groups is 1. The third-order valence-electron chi connectivity index (χ3n) is 4.37. The molecule has 1 heterocycles. The molecule has 0 unspecified atom stereocenters. The van der Waals surface area contributed by atoms with Gasteiger partial charge in [0.1, 0.15) is 11.6 Å². The third-order valence-corrected chi connectivity index (χ3v) is 4.37. The van der Waals surface area contributed by atoms with Crippen LogP contribution in [0.25, 0.3) is 0 Å². The third kappa shape index (κ3) is 3.82. The van der Waals surface area contributed by atoms with E-state index in [2.05, 4.69) is 10.6 Å². The van der Waals surface area contributed by atoms with Gasteiger partial charge in [-0.25, -0.2) is 9.59 Å². The Kier molecular flexibility index (Phi) is 5.25. The number of rotatable bonds is 2. The molecule has 3 atom stereocenters. The minimum Gasteiger partial charge on any atom is -0.479 e. The van der Waals surface area contributed by atoms with Gasteiger partial charge in [0, 0.05) is 19.5 Å². The second-order valence-electron chi connectivity index (χ2n) is 6.11. The number of hydrogen-bond donors (Lipinski definition) is 4. The number of aliphatic hydroxyl groups excluding tert-OH is 1. The molecule has 8 heteroatoms. The fourth-order valence-electron chi connectivity index (χ4n) is 2.70. The first kappa shape index (κ1) is 17.3. The van der Waals surface area contributed by atoms with E-state index in [1.54, 1.807) is 7.05 Å². The fraction of sp³-hybridized carbons (Fsp3) is 0.667. The molecule has 0 aromatic carbocycles. The van der Waals surface area contributed by atoms with Crippen LogP contribution in [-0.4, -0.2) is 64.8 Å². The molecule has 0 bridgehead atoms. The van der Waals surface area contributed by atoms with Gasteiger partial charge < -0.3 is 25.7 Å². The summed E-state index contributed by atoms with van der Waals surface area (Å²) in [7, 11) is 1.61. The molecule has 0 saturated heterocycles. The van der Waals surface area contributed by atoms with Gasteiger partial charge in [0.25, 0.3) is 0 Å². The lowest BCUT2D eigenvalue weighted by molar-refractivity contribution is -0.144. The lowest BCUT2D eigenvalue weighted by Gasteiger charge is -2.24. The maximum Gasteiger partial charge on any atom is 0.330 e. The van der Waals surface area contributed by atoms with Crippen LogP contribution in [0, 0.1) is 5.92 Å². The second-order valence-corrected chi connectivity index (χ2v) is 6.11. The largest absolute Gasteiger partial charge is 0.479 e. The van der Waals surface area contributed by atoms with Crippen molar-refractivity contribution >= 4 is 17.9 Å². The Hall–Kier alpha value is -2.09.